The molecule has 1 aromatic carbocycles. The molecule has 0 aromatic heterocycles. The van der Waals surface area contributed by atoms with Gasteiger partial charge in [-0.05, 0) is 37.5 Å². The summed E-state index contributed by atoms with van der Waals surface area (Å²) in [6.45, 7) is 5.99. The number of carbonyl (C=O) groups is 2. The zero-order valence-electron chi connectivity index (χ0n) is 13.6. The summed E-state index contributed by atoms with van der Waals surface area (Å²) in [6, 6.07) is 7.42. The summed E-state index contributed by atoms with van der Waals surface area (Å²) in [4.78, 5) is 24.1. The van der Waals surface area contributed by atoms with Crippen molar-refractivity contribution in [2.45, 2.75) is 44.5 Å². The molecule has 1 fully saturated rings. The zero-order valence-corrected chi connectivity index (χ0v) is 15.1. The van der Waals surface area contributed by atoms with Crippen LogP contribution in [0.4, 0.5) is 5.69 Å². The van der Waals surface area contributed by atoms with Crippen LogP contribution in [0.2, 0.25) is 0 Å². The summed E-state index contributed by atoms with van der Waals surface area (Å²) in [5.41, 5.74) is 0.904. The van der Waals surface area contributed by atoms with Gasteiger partial charge in [-0.2, -0.15) is 0 Å². The third kappa shape index (κ3) is 3.99. The van der Waals surface area contributed by atoms with Gasteiger partial charge in [0, 0.05) is 18.2 Å². The molecule has 0 unspecified atom stereocenters. The lowest BCUT2D eigenvalue weighted by Crippen LogP contribution is -2.32. The zero-order chi connectivity index (χ0) is 17.3. The topological polar surface area (TPSA) is 58.2 Å². The van der Waals surface area contributed by atoms with Crippen molar-refractivity contribution >= 4 is 40.7 Å². The first kappa shape index (κ1) is 18.1. The van der Waals surface area contributed by atoms with Crippen LogP contribution in [0.5, 0.6) is 0 Å². The third-order valence-electron chi connectivity index (χ3n) is 4.47. The fourth-order valence-electron chi connectivity index (χ4n) is 2.23. The van der Waals surface area contributed by atoms with Crippen molar-refractivity contribution in [3.05, 3.63) is 29.8 Å². The van der Waals surface area contributed by atoms with Gasteiger partial charge in [-0.1, -0.05) is 26.0 Å². The molecule has 1 aromatic rings. The fraction of sp³-hybridized carbons (Fsp3) is 0.529. The molecule has 23 heavy (non-hydrogen) atoms. The summed E-state index contributed by atoms with van der Waals surface area (Å²) in [5.74, 6) is -0.196. The van der Waals surface area contributed by atoms with Crippen LogP contribution in [0.1, 0.15) is 39.2 Å². The van der Waals surface area contributed by atoms with Crippen LogP contribution in [0, 0.1) is 11.3 Å². The smallest absolute Gasteiger partial charge is 0.229 e. The minimum absolute atomic E-state index is 0.00626. The number of halogens is 2. The first-order valence-electron chi connectivity index (χ1n) is 7.75. The van der Waals surface area contributed by atoms with Gasteiger partial charge in [0.2, 0.25) is 11.8 Å². The Morgan fingerprint density at radius 2 is 2.00 bits per heavy atom. The van der Waals surface area contributed by atoms with E-state index >= 15 is 0 Å². The Hall–Kier alpha value is -1.26. The molecule has 0 spiro atoms. The summed E-state index contributed by atoms with van der Waals surface area (Å²) in [5, 5.41) is 5.73. The van der Waals surface area contributed by atoms with Crippen LogP contribution in [0.15, 0.2) is 24.3 Å². The highest BCUT2D eigenvalue weighted by atomic mass is 35.5. The molecule has 126 valence electrons. The molecule has 1 aliphatic rings. The van der Waals surface area contributed by atoms with Gasteiger partial charge in [-0.25, -0.2) is 0 Å². The molecule has 1 saturated carbocycles. The minimum atomic E-state index is -0.969. The van der Waals surface area contributed by atoms with Crippen LogP contribution in [0.25, 0.3) is 0 Å². The number of benzene rings is 1. The highest BCUT2D eigenvalue weighted by Crippen LogP contribution is 2.63. The lowest BCUT2D eigenvalue weighted by molar-refractivity contribution is -0.126. The number of rotatable bonds is 6. The number of alkyl halides is 2. The van der Waals surface area contributed by atoms with Gasteiger partial charge < -0.3 is 10.6 Å². The van der Waals surface area contributed by atoms with Gasteiger partial charge in [0.25, 0.3) is 0 Å². The molecule has 6 heteroatoms. The van der Waals surface area contributed by atoms with Crippen molar-refractivity contribution in [3.63, 3.8) is 0 Å². The molecule has 0 heterocycles. The second-order valence-corrected chi connectivity index (χ2v) is 7.88. The Labute approximate surface area is 146 Å². The number of nitrogens with one attached hydrogen (secondary N) is 2. The van der Waals surface area contributed by atoms with Crippen LogP contribution >= 0.6 is 23.2 Å². The molecule has 2 N–H and O–H groups in total. The average molecular weight is 357 g/mol. The van der Waals surface area contributed by atoms with E-state index in [0.29, 0.717) is 13.0 Å². The van der Waals surface area contributed by atoms with E-state index in [9.17, 15) is 9.59 Å². The summed E-state index contributed by atoms with van der Waals surface area (Å²) >= 11 is 12.0. The van der Waals surface area contributed by atoms with Gasteiger partial charge in [0.05, 0.1) is 5.41 Å². The largest absolute Gasteiger partial charge is 0.351 e. The van der Waals surface area contributed by atoms with Crippen LogP contribution in [-0.2, 0) is 16.1 Å². The van der Waals surface area contributed by atoms with Crippen molar-refractivity contribution in [1.82, 2.24) is 5.32 Å². The quantitative estimate of drug-likeness (QED) is 0.760. The van der Waals surface area contributed by atoms with E-state index in [1.165, 1.54) is 0 Å². The van der Waals surface area contributed by atoms with E-state index in [2.05, 4.69) is 10.6 Å². The predicted molar refractivity (Wildman–Crippen MR) is 93.5 cm³/mol. The molecule has 2 rings (SSSR count). The van der Waals surface area contributed by atoms with Gasteiger partial charge in [-0.3, -0.25) is 9.59 Å². The molecular weight excluding hydrogens is 335 g/mol. The number of carbonyl (C=O) groups excluding carboxylic acids is 2. The number of hydrogen-bond acceptors (Lipinski definition) is 2. The van der Waals surface area contributed by atoms with Crippen LogP contribution in [-0.4, -0.2) is 16.1 Å². The van der Waals surface area contributed by atoms with Crippen molar-refractivity contribution in [1.29, 1.82) is 0 Å². The molecule has 0 saturated heterocycles. The molecule has 0 bridgehead atoms. The van der Waals surface area contributed by atoms with Gasteiger partial charge in [0.1, 0.15) is 4.33 Å². The lowest BCUT2D eigenvalue weighted by atomic mass is 10.1. The number of hydrogen-bond donors (Lipinski definition) is 2. The Bertz CT molecular complexity index is 618. The SMILES string of the molecule is CC[C@H](C)C(=O)Nc1cccc(CNC(=O)[C@]2(C)CC2(Cl)Cl)c1. The molecule has 4 nitrogen and oxygen atoms in total. The molecule has 2 atom stereocenters. The van der Waals surface area contributed by atoms with Crippen LogP contribution < -0.4 is 10.6 Å². The summed E-state index contributed by atoms with van der Waals surface area (Å²) in [6.07, 6.45) is 1.25. The Morgan fingerprint density at radius 1 is 1.35 bits per heavy atom. The third-order valence-corrected chi connectivity index (χ3v) is 5.57. The molecule has 0 radical (unpaired) electrons. The Morgan fingerprint density at radius 3 is 2.57 bits per heavy atom. The standard InChI is InChI=1S/C17H22Cl2N2O2/c1-4-11(2)14(22)21-13-7-5-6-12(8-13)9-20-15(23)16(3)10-17(16,18)19/h5-8,11H,4,9-10H2,1-3H3,(H,20,23)(H,21,22)/t11-,16-/m0/s1. The van der Waals surface area contributed by atoms with Crippen LogP contribution in [0.3, 0.4) is 0 Å². The Balaban J connectivity index is 1.93. The normalized spacial score (nSPS) is 23.0. The van der Waals surface area contributed by atoms with Gasteiger partial charge >= 0.3 is 0 Å². The van der Waals surface area contributed by atoms with Gasteiger partial charge in [-0.15, -0.1) is 23.2 Å². The highest BCUT2D eigenvalue weighted by molar-refractivity contribution is 6.53. The second kappa shape index (κ2) is 6.70. The average Bonchev–Trinajstić information content (AvgIpc) is 3.04. The predicted octanol–water partition coefficient (Wildman–Crippen LogP) is 3.87. The number of anilines is 1. The van der Waals surface area contributed by atoms with Gasteiger partial charge in [0.15, 0.2) is 0 Å². The first-order chi connectivity index (χ1) is 10.7. The highest BCUT2D eigenvalue weighted by Gasteiger charge is 2.67. The maximum Gasteiger partial charge on any atom is 0.229 e. The van der Waals surface area contributed by atoms with E-state index in [1.54, 1.807) is 6.92 Å². The van der Waals surface area contributed by atoms with E-state index in [-0.39, 0.29) is 17.7 Å². The van der Waals surface area contributed by atoms with Crippen molar-refractivity contribution in [3.8, 4) is 0 Å². The molecular formula is C17H22Cl2N2O2. The Kier molecular flexibility index (Phi) is 5.27. The summed E-state index contributed by atoms with van der Waals surface area (Å²) in [7, 11) is 0. The number of amides is 2. The first-order valence-corrected chi connectivity index (χ1v) is 8.51. The molecule has 2 amide bonds. The monoisotopic (exact) mass is 356 g/mol. The fourth-order valence-corrected chi connectivity index (χ4v) is 2.94. The van der Waals surface area contributed by atoms with Crippen molar-refractivity contribution in [2.75, 3.05) is 5.32 Å². The lowest BCUT2D eigenvalue weighted by Gasteiger charge is -2.14. The maximum absolute atomic E-state index is 12.2. The molecule has 1 aliphatic carbocycles. The van der Waals surface area contributed by atoms with Crippen molar-refractivity contribution in [2.24, 2.45) is 11.3 Å². The van der Waals surface area contributed by atoms with E-state index in [4.69, 9.17) is 23.2 Å². The second-order valence-electron chi connectivity index (χ2n) is 6.39. The maximum atomic E-state index is 12.2. The summed E-state index contributed by atoms with van der Waals surface area (Å²) < 4.78 is -0.969. The van der Waals surface area contributed by atoms with E-state index in [0.717, 1.165) is 17.7 Å². The van der Waals surface area contributed by atoms with E-state index < -0.39 is 9.75 Å². The minimum Gasteiger partial charge on any atom is -0.351 e. The van der Waals surface area contributed by atoms with Crippen molar-refractivity contribution < 1.29 is 9.59 Å². The van der Waals surface area contributed by atoms with E-state index in [1.807, 2.05) is 38.1 Å². The molecule has 0 aliphatic heterocycles.